The Morgan fingerprint density at radius 1 is 1.21 bits per heavy atom. The van der Waals surface area contributed by atoms with Crippen molar-refractivity contribution >= 4 is 22.9 Å². The van der Waals surface area contributed by atoms with Crippen molar-refractivity contribution < 1.29 is 9.53 Å². The molecule has 2 aromatic heterocycles. The van der Waals surface area contributed by atoms with Crippen molar-refractivity contribution in [3.63, 3.8) is 0 Å². The third-order valence-corrected chi connectivity index (χ3v) is 5.78. The van der Waals surface area contributed by atoms with E-state index < -0.39 is 0 Å². The molecule has 1 N–H and O–H groups in total. The predicted octanol–water partition coefficient (Wildman–Crippen LogP) is 4.86. The summed E-state index contributed by atoms with van der Waals surface area (Å²) in [6, 6.07) is 12.4. The molecule has 29 heavy (non-hydrogen) atoms. The summed E-state index contributed by atoms with van der Waals surface area (Å²) < 4.78 is 8.33. The summed E-state index contributed by atoms with van der Waals surface area (Å²) in [5, 5.41) is 2.79. The zero-order valence-electron chi connectivity index (χ0n) is 17.1. The third-order valence-electron chi connectivity index (χ3n) is 4.72. The number of carbonyl (C=O) groups is 1. The van der Waals surface area contributed by atoms with E-state index in [1.54, 1.807) is 0 Å². The molecule has 154 valence electrons. The molecule has 1 unspecified atom stereocenters. The van der Waals surface area contributed by atoms with Crippen molar-refractivity contribution in [1.82, 2.24) is 9.55 Å². The van der Waals surface area contributed by atoms with E-state index in [0.29, 0.717) is 0 Å². The Balaban J connectivity index is 1.45. The van der Waals surface area contributed by atoms with Crippen molar-refractivity contribution in [1.29, 1.82) is 0 Å². The number of ether oxygens (including phenoxy) is 1. The van der Waals surface area contributed by atoms with Gasteiger partial charge in [-0.15, -0.1) is 11.3 Å². The minimum atomic E-state index is -0.0483. The lowest BCUT2D eigenvalue weighted by Crippen LogP contribution is -2.21. The summed E-state index contributed by atoms with van der Waals surface area (Å²) >= 11 is 1.87. The average Bonchev–Trinajstić information content (AvgIpc) is 3.35. The fraction of sp³-hybridized carbons (Fsp3) is 0.391. The van der Waals surface area contributed by atoms with Crippen LogP contribution in [0.4, 0.5) is 5.69 Å². The zero-order chi connectivity index (χ0) is 20.5. The number of carbonyl (C=O) groups excluding carboxylic acids is 1. The molecule has 5 nitrogen and oxygen atoms in total. The van der Waals surface area contributed by atoms with Crippen molar-refractivity contribution in [3.05, 3.63) is 70.4 Å². The van der Waals surface area contributed by atoms with E-state index >= 15 is 0 Å². The van der Waals surface area contributed by atoms with Crippen LogP contribution in [0.1, 0.15) is 35.1 Å². The van der Waals surface area contributed by atoms with Crippen molar-refractivity contribution in [2.24, 2.45) is 0 Å². The van der Waals surface area contributed by atoms with Gasteiger partial charge in [-0.25, -0.2) is 4.98 Å². The molecule has 1 aromatic carbocycles. The number of rotatable bonds is 11. The van der Waals surface area contributed by atoms with Gasteiger partial charge in [0.1, 0.15) is 0 Å². The van der Waals surface area contributed by atoms with Crippen molar-refractivity contribution in [2.75, 3.05) is 11.9 Å². The Hall–Kier alpha value is -2.44. The average molecular weight is 412 g/mol. The molecule has 1 amide bonds. The highest BCUT2D eigenvalue weighted by molar-refractivity contribution is 7.11. The number of imidazole rings is 1. The molecular weight excluding hydrogens is 382 g/mol. The molecule has 0 saturated heterocycles. The van der Waals surface area contributed by atoms with E-state index in [4.69, 9.17) is 4.74 Å². The normalized spacial score (nSPS) is 12.1. The van der Waals surface area contributed by atoms with Crippen LogP contribution in [-0.2, 0) is 28.9 Å². The van der Waals surface area contributed by atoms with Gasteiger partial charge in [-0.1, -0.05) is 12.1 Å². The first-order valence-corrected chi connectivity index (χ1v) is 10.9. The van der Waals surface area contributed by atoms with Crippen molar-refractivity contribution in [2.45, 2.75) is 52.2 Å². The number of anilines is 1. The van der Waals surface area contributed by atoms with Gasteiger partial charge < -0.3 is 14.6 Å². The molecular formula is C23H29N3O2S. The number of hydrogen-bond donors (Lipinski definition) is 1. The summed E-state index contributed by atoms with van der Waals surface area (Å²) in [4.78, 5) is 18.0. The summed E-state index contributed by atoms with van der Waals surface area (Å²) in [6.07, 6.45) is 9.80. The molecule has 3 rings (SSSR count). The number of aryl methyl sites for hydroxylation is 3. The van der Waals surface area contributed by atoms with Crippen LogP contribution in [0, 0.1) is 6.92 Å². The van der Waals surface area contributed by atoms with E-state index in [1.807, 2.05) is 42.2 Å². The number of thiophene rings is 1. The monoisotopic (exact) mass is 411 g/mol. The van der Waals surface area contributed by atoms with E-state index in [1.165, 1.54) is 22.2 Å². The predicted molar refractivity (Wildman–Crippen MR) is 118 cm³/mol. The topological polar surface area (TPSA) is 56.1 Å². The highest BCUT2D eigenvalue weighted by atomic mass is 32.1. The third kappa shape index (κ3) is 7.48. The van der Waals surface area contributed by atoms with Crippen LogP contribution >= 0.6 is 11.3 Å². The first-order chi connectivity index (χ1) is 14.1. The lowest BCUT2D eigenvalue weighted by molar-refractivity contribution is -0.114. The van der Waals surface area contributed by atoms with E-state index in [0.717, 1.165) is 44.5 Å². The van der Waals surface area contributed by atoms with Crippen LogP contribution in [0.2, 0.25) is 0 Å². The maximum absolute atomic E-state index is 11.1. The lowest BCUT2D eigenvalue weighted by Gasteiger charge is -2.18. The Bertz CT molecular complexity index is 872. The van der Waals surface area contributed by atoms with Gasteiger partial charge in [0.05, 0.1) is 12.4 Å². The van der Waals surface area contributed by atoms with Gasteiger partial charge in [0.25, 0.3) is 0 Å². The van der Waals surface area contributed by atoms with Gasteiger partial charge in [0, 0.05) is 47.9 Å². The van der Waals surface area contributed by atoms with Gasteiger partial charge in [-0.3, -0.25) is 4.79 Å². The Morgan fingerprint density at radius 2 is 2.03 bits per heavy atom. The van der Waals surface area contributed by atoms with E-state index in [9.17, 15) is 4.79 Å². The minimum absolute atomic E-state index is 0.0483. The summed E-state index contributed by atoms with van der Waals surface area (Å²) in [5.74, 6) is -0.0483. The molecule has 0 fully saturated rings. The molecule has 0 saturated carbocycles. The summed E-state index contributed by atoms with van der Waals surface area (Å²) in [6.45, 7) is 5.23. The van der Waals surface area contributed by atoms with Gasteiger partial charge in [0.15, 0.2) is 0 Å². The molecule has 0 aliphatic heterocycles. The number of benzene rings is 1. The molecule has 1 atom stereocenters. The molecule has 0 spiro atoms. The maximum Gasteiger partial charge on any atom is 0.221 e. The summed E-state index contributed by atoms with van der Waals surface area (Å²) in [5.41, 5.74) is 2.09. The fourth-order valence-electron chi connectivity index (χ4n) is 3.26. The minimum Gasteiger partial charge on any atom is -0.376 e. The lowest BCUT2D eigenvalue weighted by atomic mass is 10.1. The number of hydrogen-bond acceptors (Lipinski definition) is 4. The van der Waals surface area contributed by atoms with Gasteiger partial charge in [-0.05, 0) is 62.4 Å². The van der Waals surface area contributed by atoms with Gasteiger partial charge in [0.2, 0.25) is 5.91 Å². The van der Waals surface area contributed by atoms with Crippen LogP contribution in [0.15, 0.2) is 55.1 Å². The van der Waals surface area contributed by atoms with Crippen LogP contribution < -0.4 is 5.32 Å². The quantitative estimate of drug-likeness (QED) is 0.458. The van der Waals surface area contributed by atoms with Crippen LogP contribution in [0.25, 0.3) is 0 Å². The molecule has 6 heteroatoms. The Labute approximate surface area is 176 Å². The zero-order valence-corrected chi connectivity index (χ0v) is 18.0. The fourth-order valence-corrected chi connectivity index (χ4v) is 4.17. The highest BCUT2D eigenvalue weighted by Gasteiger charge is 2.11. The Kier molecular flexibility index (Phi) is 8.02. The molecule has 0 bridgehead atoms. The number of nitrogens with zero attached hydrogens (tertiary/aromatic N) is 2. The SMILES string of the molecule is CC(=O)Nc1ccc(CCCOC(CCc2ccc(C)s2)Cn2ccnc2)cc1. The number of aromatic nitrogens is 2. The van der Waals surface area contributed by atoms with Crippen LogP contribution in [0.3, 0.4) is 0 Å². The second-order valence-corrected chi connectivity index (χ2v) is 8.66. The maximum atomic E-state index is 11.1. The van der Waals surface area contributed by atoms with E-state index in [-0.39, 0.29) is 12.0 Å². The van der Waals surface area contributed by atoms with E-state index in [2.05, 4.69) is 46.1 Å². The first-order valence-electron chi connectivity index (χ1n) is 10.1. The smallest absolute Gasteiger partial charge is 0.221 e. The van der Waals surface area contributed by atoms with Gasteiger partial charge >= 0.3 is 0 Å². The molecule has 3 aromatic rings. The van der Waals surface area contributed by atoms with Crippen LogP contribution in [0.5, 0.6) is 0 Å². The van der Waals surface area contributed by atoms with Crippen molar-refractivity contribution in [3.8, 4) is 0 Å². The second-order valence-electron chi connectivity index (χ2n) is 7.28. The van der Waals surface area contributed by atoms with Crippen LogP contribution in [-0.4, -0.2) is 28.2 Å². The van der Waals surface area contributed by atoms with Gasteiger partial charge in [-0.2, -0.15) is 0 Å². The molecule has 2 heterocycles. The largest absolute Gasteiger partial charge is 0.376 e. The Morgan fingerprint density at radius 3 is 2.69 bits per heavy atom. The highest BCUT2D eigenvalue weighted by Crippen LogP contribution is 2.19. The molecule has 0 aliphatic carbocycles. The first kappa shape index (κ1) is 21.3. The number of nitrogens with one attached hydrogen (secondary N) is 1. The standard InChI is InChI=1S/C23H29N3O2S/c1-18-5-11-23(29-18)12-10-22(16-26-14-13-24-17-26)28-15-3-4-20-6-8-21(9-7-20)25-19(2)27/h5-9,11,13-14,17,22H,3-4,10,12,15-16H2,1-2H3,(H,25,27). The summed E-state index contributed by atoms with van der Waals surface area (Å²) in [7, 11) is 0. The second kappa shape index (κ2) is 10.9. The molecule has 0 radical (unpaired) electrons. The molecule has 0 aliphatic rings. The number of amides is 1.